The molecule has 0 aliphatic rings. The number of fused-ring (bicyclic) bond motifs is 1. The highest BCUT2D eigenvalue weighted by Gasteiger charge is 2.15. The molecule has 0 aliphatic heterocycles. The molecule has 2 aromatic heterocycles. The molecule has 158 valence electrons. The summed E-state index contributed by atoms with van der Waals surface area (Å²) in [5.74, 6) is 0.0978. The van der Waals surface area contributed by atoms with Crippen molar-refractivity contribution in [2.45, 2.75) is 12.8 Å². The van der Waals surface area contributed by atoms with Gasteiger partial charge in [0.25, 0.3) is 5.91 Å². The highest BCUT2D eigenvalue weighted by atomic mass is 79.9. The van der Waals surface area contributed by atoms with Crippen molar-refractivity contribution in [1.29, 1.82) is 0 Å². The number of hydrazine groups is 1. The second kappa shape index (κ2) is 9.09. The lowest BCUT2D eigenvalue weighted by atomic mass is 10.0. The molecule has 4 aromatic rings. The number of ether oxygens (including phenoxy) is 1. The van der Waals surface area contributed by atoms with E-state index < -0.39 is 5.91 Å². The van der Waals surface area contributed by atoms with E-state index in [0.29, 0.717) is 12.1 Å². The van der Waals surface area contributed by atoms with Gasteiger partial charge in [-0.05, 0) is 69.9 Å². The maximum atomic E-state index is 12.4. The van der Waals surface area contributed by atoms with Gasteiger partial charge in [-0.25, -0.2) is 0 Å². The number of rotatable bonds is 6. The molecule has 8 heteroatoms. The van der Waals surface area contributed by atoms with Gasteiger partial charge in [0, 0.05) is 33.7 Å². The van der Waals surface area contributed by atoms with E-state index in [-0.39, 0.29) is 12.3 Å². The summed E-state index contributed by atoms with van der Waals surface area (Å²) in [4.78, 5) is 30.7. The summed E-state index contributed by atoms with van der Waals surface area (Å²) in [5.41, 5.74) is 9.29. The third-order valence-corrected chi connectivity index (χ3v) is 5.46. The molecule has 0 fully saturated rings. The van der Waals surface area contributed by atoms with Gasteiger partial charge in [-0.3, -0.25) is 20.4 Å². The lowest BCUT2D eigenvalue weighted by Crippen LogP contribution is -2.41. The number of carbonyl (C=O) groups excluding carboxylic acids is 2. The Labute approximate surface area is 187 Å². The number of hydrogen-bond donors (Lipinski definition) is 4. The van der Waals surface area contributed by atoms with Crippen molar-refractivity contribution in [2.75, 3.05) is 7.11 Å². The van der Waals surface area contributed by atoms with Crippen LogP contribution in [0, 0.1) is 0 Å². The minimum Gasteiger partial charge on any atom is -0.497 e. The van der Waals surface area contributed by atoms with E-state index in [9.17, 15) is 9.59 Å². The summed E-state index contributed by atoms with van der Waals surface area (Å²) < 4.78 is 6.01. The molecule has 4 N–H and O–H groups in total. The molecule has 0 bridgehead atoms. The van der Waals surface area contributed by atoms with Crippen molar-refractivity contribution in [1.82, 2.24) is 20.8 Å². The second-order valence-electron chi connectivity index (χ2n) is 6.99. The number of carbonyl (C=O) groups is 2. The van der Waals surface area contributed by atoms with Crippen molar-refractivity contribution < 1.29 is 14.3 Å². The molecule has 31 heavy (non-hydrogen) atoms. The van der Waals surface area contributed by atoms with E-state index in [4.69, 9.17) is 4.74 Å². The first-order valence-electron chi connectivity index (χ1n) is 9.72. The van der Waals surface area contributed by atoms with Crippen molar-refractivity contribution in [3.63, 3.8) is 0 Å². The molecule has 0 atom stereocenters. The molecule has 2 aromatic carbocycles. The van der Waals surface area contributed by atoms with Gasteiger partial charge >= 0.3 is 0 Å². The standard InChI is InChI=1S/C23H21BrN4O3/c1-31-16-8-6-14(7-9-16)22-18(17-4-2-3-5-19(17)26-22)10-11-21(29)27-28-23(30)20-12-15(24)13-25-20/h2-9,12-13,25-26H,10-11H2,1H3,(H,27,29)(H,28,30). The Kier molecular flexibility index (Phi) is 6.08. The number of H-pyrrole nitrogens is 2. The van der Waals surface area contributed by atoms with Crippen LogP contribution in [0.3, 0.4) is 0 Å². The van der Waals surface area contributed by atoms with Crippen LogP contribution >= 0.6 is 15.9 Å². The zero-order valence-electron chi connectivity index (χ0n) is 16.8. The number of aromatic amines is 2. The Balaban J connectivity index is 1.48. The van der Waals surface area contributed by atoms with Gasteiger partial charge in [0.15, 0.2) is 0 Å². The first-order chi connectivity index (χ1) is 15.0. The number of amides is 2. The predicted octanol–water partition coefficient (Wildman–Crippen LogP) is 4.33. The molecule has 2 amide bonds. The number of aryl methyl sites for hydroxylation is 1. The van der Waals surface area contributed by atoms with Crippen molar-refractivity contribution in [3.8, 4) is 17.0 Å². The van der Waals surface area contributed by atoms with Gasteiger partial charge in [0.05, 0.1) is 7.11 Å². The van der Waals surface area contributed by atoms with Crippen LogP contribution in [-0.2, 0) is 11.2 Å². The highest BCUT2D eigenvalue weighted by Crippen LogP contribution is 2.32. The van der Waals surface area contributed by atoms with Crippen LogP contribution in [0.4, 0.5) is 0 Å². The topological polar surface area (TPSA) is 99.0 Å². The Morgan fingerprint density at radius 1 is 1.06 bits per heavy atom. The molecule has 0 radical (unpaired) electrons. The molecule has 2 heterocycles. The maximum Gasteiger partial charge on any atom is 0.286 e. The molecule has 0 spiro atoms. The number of benzene rings is 2. The van der Waals surface area contributed by atoms with Crippen molar-refractivity contribution >= 4 is 38.6 Å². The average molecular weight is 481 g/mol. The summed E-state index contributed by atoms with van der Waals surface area (Å²) in [5, 5.41) is 1.07. The molecule has 4 rings (SSSR count). The van der Waals surface area contributed by atoms with Gasteiger partial charge in [-0.1, -0.05) is 18.2 Å². The molecule has 0 saturated heterocycles. The van der Waals surface area contributed by atoms with Gasteiger partial charge in [0.1, 0.15) is 11.4 Å². The first kappa shape index (κ1) is 20.7. The fourth-order valence-electron chi connectivity index (χ4n) is 3.46. The third-order valence-electron chi connectivity index (χ3n) is 5.00. The van der Waals surface area contributed by atoms with Crippen LogP contribution in [0.25, 0.3) is 22.2 Å². The largest absolute Gasteiger partial charge is 0.497 e. The van der Waals surface area contributed by atoms with Crippen molar-refractivity contribution in [3.05, 3.63) is 76.5 Å². The highest BCUT2D eigenvalue weighted by molar-refractivity contribution is 9.10. The van der Waals surface area contributed by atoms with Gasteiger partial charge in [0.2, 0.25) is 5.91 Å². The van der Waals surface area contributed by atoms with E-state index >= 15 is 0 Å². The zero-order valence-corrected chi connectivity index (χ0v) is 18.4. The predicted molar refractivity (Wildman–Crippen MR) is 123 cm³/mol. The third kappa shape index (κ3) is 4.64. The van der Waals surface area contributed by atoms with Gasteiger partial charge in [-0.2, -0.15) is 0 Å². The maximum absolute atomic E-state index is 12.4. The molecule has 0 aliphatic carbocycles. The lowest BCUT2D eigenvalue weighted by molar-refractivity contribution is -0.121. The Morgan fingerprint density at radius 2 is 1.84 bits per heavy atom. The monoisotopic (exact) mass is 480 g/mol. The average Bonchev–Trinajstić information content (AvgIpc) is 3.39. The van der Waals surface area contributed by atoms with Gasteiger partial charge in [-0.15, -0.1) is 0 Å². The lowest BCUT2D eigenvalue weighted by Gasteiger charge is -2.08. The van der Waals surface area contributed by atoms with Crippen LogP contribution in [0.5, 0.6) is 5.75 Å². The minimum atomic E-state index is -0.412. The van der Waals surface area contributed by atoms with Crippen LogP contribution in [0.15, 0.2) is 65.3 Å². The SMILES string of the molecule is COc1ccc(-c2[nH]c3ccccc3c2CCC(=O)NNC(=O)c2cc(Br)c[nH]2)cc1. The van der Waals surface area contributed by atoms with Crippen LogP contribution in [0.2, 0.25) is 0 Å². The van der Waals surface area contributed by atoms with Crippen LogP contribution < -0.4 is 15.6 Å². The minimum absolute atomic E-state index is 0.222. The van der Waals surface area contributed by atoms with E-state index in [1.165, 1.54) is 0 Å². The summed E-state index contributed by atoms with van der Waals surface area (Å²) in [6.45, 7) is 0. The van der Waals surface area contributed by atoms with Gasteiger partial charge < -0.3 is 14.7 Å². The van der Waals surface area contributed by atoms with E-state index in [1.807, 2.05) is 48.5 Å². The van der Waals surface area contributed by atoms with Crippen molar-refractivity contribution in [2.24, 2.45) is 0 Å². The summed E-state index contributed by atoms with van der Waals surface area (Å²) in [7, 11) is 1.63. The quantitative estimate of drug-likeness (QED) is 0.309. The van der Waals surface area contributed by atoms with Crippen LogP contribution in [-0.4, -0.2) is 28.9 Å². The Bertz CT molecular complexity index is 1230. The number of nitrogens with one attached hydrogen (secondary N) is 4. The second-order valence-corrected chi connectivity index (χ2v) is 7.90. The van der Waals surface area contributed by atoms with E-state index in [2.05, 4.69) is 36.7 Å². The number of hydrogen-bond acceptors (Lipinski definition) is 3. The number of halogens is 1. The fraction of sp³-hybridized carbons (Fsp3) is 0.130. The van der Waals surface area contributed by atoms with E-state index in [0.717, 1.165) is 37.9 Å². The Morgan fingerprint density at radius 3 is 2.55 bits per heavy atom. The first-order valence-corrected chi connectivity index (χ1v) is 10.5. The summed E-state index contributed by atoms with van der Waals surface area (Å²) in [6, 6.07) is 17.4. The molecule has 7 nitrogen and oxygen atoms in total. The normalized spacial score (nSPS) is 10.8. The summed E-state index contributed by atoms with van der Waals surface area (Å²) >= 11 is 3.27. The molecule has 0 unspecified atom stereocenters. The summed E-state index contributed by atoms with van der Waals surface area (Å²) in [6.07, 6.45) is 2.38. The fourth-order valence-corrected chi connectivity index (χ4v) is 3.80. The van der Waals surface area contributed by atoms with Crippen LogP contribution in [0.1, 0.15) is 22.5 Å². The number of methoxy groups -OCH3 is 1. The number of para-hydroxylation sites is 1. The van der Waals surface area contributed by atoms with E-state index in [1.54, 1.807) is 19.4 Å². The zero-order chi connectivity index (χ0) is 21.8. The smallest absolute Gasteiger partial charge is 0.286 e. The Hall–Kier alpha value is -3.52. The molecule has 0 saturated carbocycles. The molecular weight excluding hydrogens is 460 g/mol. The number of aromatic nitrogens is 2. The molecular formula is C23H21BrN4O3.